The number of aromatic nitrogens is 3. The number of aromatic amines is 1. The molecule has 0 atom stereocenters. The van der Waals surface area contributed by atoms with Gasteiger partial charge in [-0.2, -0.15) is 5.26 Å². The maximum atomic E-state index is 11.8. The van der Waals surface area contributed by atoms with E-state index in [9.17, 15) is 4.79 Å². The Morgan fingerprint density at radius 2 is 2.05 bits per heavy atom. The predicted octanol–water partition coefficient (Wildman–Crippen LogP) is 2.24. The lowest BCUT2D eigenvalue weighted by atomic mass is 10.2. The number of nitrogens with one attached hydrogen (secondary N) is 1. The van der Waals surface area contributed by atoms with E-state index in [2.05, 4.69) is 10.1 Å². The van der Waals surface area contributed by atoms with E-state index in [1.54, 1.807) is 35.0 Å². The third-order valence-electron chi connectivity index (χ3n) is 2.80. The van der Waals surface area contributed by atoms with E-state index in [1.165, 1.54) is 6.20 Å². The molecule has 6 heteroatoms. The molecule has 0 amide bonds. The number of hydrogen-bond donors (Lipinski definition) is 1. The highest BCUT2D eigenvalue weighted by atomic mass is 35.5. The summed E-state index contributed by atoms with van der Waals surface area (Å²) in [7, 11) is 0. The Bertz CT molecular complexity index is 855. The number of pyridine rings is 1. The topological polar surface area (TPSA) is 74.5 Å². The Labute approximate surface area is 112 Å². The largest absolute Gasteiger partial charge is 0.273 e. The van der Waals surface area contributed by atoms with Crippen molar-refractivity contribution in [1.29, 1.82) is 5.26 Å². The van der Waals surface area contributed by atoms with Crippen molar-refractivity contribution in [1.82, 2.24) is 14.8 Å². The number of benzene rings is 1. The quantitative estimate of drug-likeness (QED) is 0.689. The maximum Gasteiger partial charge on any atom is 0.273 e. The molecule has 2 heterocycles. The van der Waals surface area contributed by atoms with Crippen LogP contribution in [0.5, 0.6) is 0 Å². The molecular weight excluding hydrogens is 264 g/mol. The van der Waals surface area contributed by atoms with Crippen molar-refractivity contribution in [2.24, 2.45) is 0 Å². The van der Waals surface area contributed by atoms with Crippen molar-refractivity contribution >= 4 is 22.5 Å². The summed E-state index contributed by atoms with van der Waals surface area (Å²) in [4.78, 5) is 15.7. The summed E-state index contributed by atoms with van der Waals surface area (Å²) in [6, 6.07) is 10.5. The lowest BCUT2D eigenvalue weighted by Gasteiger charge is -2.04. The van der Waals surface area contributed by atoms with Gasteiger partial charge in [-0.1, -0.05) is 11.6 Å². The number of nitrogens with zero attached hydrogens (tertiary/aromatic N) is 3. The molecule has 0 radical (unpaired) electrons. The molecule has 0 fully saturated rings. The second-order valence-electron chi connectivity index (χ2n) is 3.96. The Morgan fingerprint density at radius 1 is 1.32 bits per heavy atom. The van der Waals surface area contributed by atoms with Crippen LogP contribution in [0.25, 0.3) is 16.6 Å². The first-order valence-electron chi connectivity index (χ1n) is 5.46. The molecule has 2 aromatic heterocycles. The summed E-state index contributed by atoms with van der Waals surface area (Å²) in [5.74, 6) is 0. The van der Waals surface area contributed by atoms with Gasteiger partial charge in [-0.05, 0) is 24.3 Å². The van der Waals surface area contributed by atoms with Crippen LogP contribution in [-0.2, 0) is 0 Å². The molecule has 0 spiro atoms. The third-order valence-corrected chi connectivity index (χ3v) is 3.01. The van der Waals surface area contributed by atoms with Crippen LogP contribution in [0.3, 0.4) is 0 Å². The summed E-state index contributed by atoms with van der Waals surface area (Å²) in [5, 5.41) is 12.3. The lowest BCUT2D eigenvalue weighted by Crippen LogP contribution is -2.03. The van der Waals surface area contributed by atoms with Crippen LogP contribution in [-0.4, -0.2) is 14.8 Å². The lowest BCUT2D eigenvalue weighted by molar-refractivity contribution is 0.891. The van der Waals surface area contributed by atoms with E-state index < -0.39 is 0 Å². The first-order valence-corrected chi connectivity index (χ1v) is 5.83. The van der Waals surface area contributed by atoms with Crippen LogP contribution in [0.2, 0.25) is 5.15 Å². The summed E-state index contributed by atoms with van der Waals surface area (Å²) < 4.78 is 1.62. The highest BCUT2D eigenvalue weighted by molar-refractivity contribution is 6.30. The maximum absolute atomic E-state index is 11.8. The van der Waals surface area contributed by atoms with E-state index in [4.69, 9.17) is 16.9 Å². The molecule has 0 aliphatic heterocycles. The SMILES string of the molecule is N#Cc1ccc(-n2[nH]c(=O)c3cnc(Cl)cc32)cc1. The van der Waals surface area contributed by atoms with Gasteiger partial charge in [0, 0.05) is 12.3 Å². The van der Waals surface area contributed by atoms with Gasteiger partial charge in [-0.25, -0.2) is 4.98 Å². The van der Waals surface area contributed by atoms with Crippen LogP contribution >= 0.6 is 11.6 Å². The van der Waals surface area contributed by atoms with E-state index in [1.807, 2.05) is 6.07 Å². The minimum atomic E-state index is -0.233. The molecule has 1 N–H and O–H groups in total. The van der Waals surface area contributed by atoms with E-state index >= 15 is 0 Å². The fourth-order valence-electron chi connectivity index (χ4n) is 1.89. The first-order chi connectivity index (χ1) is 9.19. The van der Waals surface area contributed by atoms with E-state index in [-0.39, 0.29) is 5.56 Å². The smallest absolute Gasteiger partial charge is 0.267 e. The first kappa shape index (κ1) is 11.5. The normalized spacial score (nSPS) is 10.5. The molecule has 0 unspecified atom stereocenters. The van der Waals surface area contributed by atoms with Gasteiger partial charge in [0.1, 0.15) is 5.15 Å². The number of rotatable bonds is 1. The van der Waals surface area contributed by atoms with Gasteiger partial charge in [-0.15, -0.1) is 0 Å². The number of fused-ring (bicyclic) bond motifs is 1. The molecule has 5 nitrogen and oxygen atoms in total. The third kappa shape index (κ3) is 1.88. The molecule has 0 aliphatic carbocycles. The van der Waals surface area contributed by atoms with Gasteiger partial charge in [0.15, 0.2) is 0 Å². The summed E-state index contributed by atoms with van der Waals surface area (Å²) in [6.07, 6.45) is 1.44. The molecule has 0 aliphatic rings. The molecule has 1 aromatic carbocycles. The molecular formula is C13H7ClN4O. The Hall–Kier alpha value is -2.58. The molecule has 3 rings (SSSR count). The molecule has 0 saturated heterocycles. The predicted molar refractivity (Wildman–Crippen MR) is 71.4 cm³/mol. The second-order valence-corrected chi connectivity index (χ2v) is 4.35. The molecule has 0 saturated carbocycles. The van der Waals surface area contributed by atoms with Gasteiger partial charge in [0.05, 0.1) is 28.2 Å². The van der Waals surface area contributed by atoms with Crippen LogP contribution in [0.1, 0.15) is 5.56 Å². The Morgan fingerprint density at radius 3 is 2.74 bits per heavy atom. The second kappa shape index (κ2) is 4.26. The highest BCUT2D eigenvalue weighted by Crippen LogP contribution is 2.18. The zero-order valence-electron chi connectivity index (χ0n) is 9.59. The molecule has 92 valence electrons. The van der Waals surface area contributed by atoms with Crippen molar-refractivity contribution in [3.63, 3.8) is 0 Å². The number of nitriles is 1. The van der Waals surface area contributed by atoms with Gasteiger partial charge in [0.25, 0.3) is 5.56 Å². The fourth-order valence-corrected chi connectivity index (χ4v) is 2.04. The highest BCUT2D eigenvalue weighted by Gasteiger charge is 2.09. The Kier molecular flexibility index (Phi) is 2.58. The summed E-state index contributed by atoms with van der Waals surface area (Å²) in [5.41, 5.74) is 1.72. The monoisotopic (exact) mass is 270 g/mol. The van der Waals surface area contributed by atoms with Crippen molar-refractivity contribution in [2.45, 2.75) is 0 Å². The summed E-state index contributed by atoms with van der Waals surface area (Å²) >= 11 is 5.85. The van der Waals surface area contributed by atoms with Gasteiger partial charge in [0.2, 0.25) is 0 Å². The van der Waals surface area contributed by atoms with Crippen molar-refractivity contribution in [2.75, 3.05) is 0 Å². The molecule has 0 bridgehead atoms. The fraction of sp³-hybridized carbons (Fsp3) is 0. The van der Waals surface area contributed by atoms with E-state index in [0.717, 1.165) is 5.69 Å². The zero-order chi connectivity index (χ0) is 13.4. The average Bonchev–Trinajstić information content (AvgIpc) is 2.75. The van der Waals surface area contributed by atoms with Crippen LogP contribution in [0.4, 0.5) is 0 Å². The van der Waals surface area contributed by atoms with Gasteiger partial charge in [-0.3, -0.25) is 14.6 Å². The number of hydrogen-bond acceptors (Lipinski definition) is 3. The minimum absolute atomic E-state index is 0.233. The van der Waals surface area contributed by atoms with E-state index in [0.29, 0.717) is 21.6 Å². The summed E-state index contributed by atoms with van der Waals surface area (Å²) in [6.45, 7) is 0. The average molecular weight is 271 g/mol. The zero-order valence-corrected chi connectivity index (χ0v) is 10.3. The molecule has 19 heavy (non-hydrogen) atoms. The molecule has 3 aromatic rings. The Balaban J connectivity index is 2.27. The van der Waals surface area contributed by atoms with Crippen molar-refractivity contribution in [3.05, 3.63) is 57.6 Å². The van der Waals surface area contributed by atoms with Crippen molar-refractivity contribution < 1.29 is 0 Å². The van der Waals surface area contributed by atoms with Gasteiger partial charge >= 0.3 is 0 Å². The van der Waals surface area contributed by atoms with Gasteiger partial charge < -0.3 is 0 Å². The number of halogens is 1. The van der Waals surface area contributed by atoms with Crippen LogP contribution in [0.15, 0.2) is 41.3 Å². The van der Waals surface area contributed by atoms with Crippen LogP contribution in [0, 0.1) is 11.3 Å². The minimum Gasteiger partial charge on any atom is -0.267 e. The standard InChI is InChI=1S/C13H7ClN4O/c14-12-5-11-10(7-16-12)13(19)17-18(11)9-3-1-8(6-15)2-4-9/h1-5,7H,(H,17,19). The van der Waals surface area contributed by atoms with Crippen LogP contribution < -0.4 is 5.56 Å². The van der Waals surface area contributed by atoms with Crippen molar-refractivity contribution in [3.8, 4) is 11.8 Å². The number of H-pyrrole nitrogens is 1.